The molecule has 0 fully saturated rings. The van der Waals surface area contributed by atoms with Gasteiger partial charge in [-0.25, -0.2) is 19.3 Å². The van der Waals surface area contributed by atoms with Crippen LogP contribution in [0, 0.1) is 5.82 Å². The summed E-state index contributed by atoms with van der Waals surface area (Å²) >= 11 is 6.03. The molecule has 0 saturated heterocycles. The summed E-state index contributed by atoms with van der Waals surface area (Å²) in [6, 6.07) is 11.8. The van der Waals surface area contributed by atoms with Crippen LogP contribution in [0.5, 0.6) is 0 Å². The molecule has 8 heteroatoms. The topological polar surface area (TPSA) is 65.6 Å². The van der Waals surface area contributed by atoms with Gasteiger partial charge in [0, 0.05) is 6.04 Å². The summed E-state index contributed by atoms with van der Waals surface area (Å²) in [5.41, 5.74) is 3.07. The summed E-state index contributed by atoms with van der Waals surface area (Å²) in [6.45, 7) is 3.98. The van der Waals surface area contributed by atoms with Crippen molar-refractivity contribution in [3.8, 4) is 5.69 Å². The summed E-state index contributed by atoms with van der Waals surface area (Å²) in [5.74, 6) is -0.523. The minimum absolute atomic E-state index is 0.0125. The third kappa shape index (κ3) is 2.69. The molecule has 0 saturated carbocycles. The normalized spacial score (nSPS) is 12.8. The summed E-state index contributed by atoms with van der Waals surface area (Å²) < 4.78 is 17.1. The molecular formula is C22H17ClFN5O. The van der Waals surface area contributed by atoms with Crippen LogP contribution in [0.4, 0.5) is 4.39 Å². The molecular weight excluding hydrogens is 405 g/mol. The van der Waals surface area contributed by atoms with Gasteiger partial charge in [0.1, 0.15) is 23.0 Å². The molecule has 1 atom stereocenters. The molecule has 6 nitrogen and oxygen atoms in total. The standard InChI is InChI=1S/C22H17ClFN5O/c1-3-12(2)28-11-25-20-18(22(28)30)19-21(27-17-7-5-4-6-16(17)26-19)29(20)13-8-9-15(24)14(23)10-13/h4-12H,3H2,1-2H3/t12-/m1/s1. The maximum absolute atomic E-state index is 13.8. The zero-order valence-corrected chi connectivity index (χ0v) is 17.1. The number of benzene rings is 2. The van der Waals surface area contributed by atoms with Gasteiger partial charge in [0.2, 0.25) is 0 Å². The van der Waals surface area contributed by atoms with Crippen LogP contribution in [0.25, 0.3) is 38.9 Å². The van der Waals surface area contributed by atoms with Crippen molar-refractivity contribution in [2.24, 2.45) is 0 Å². The van der Waals surface area contributed by atoms with Crippen LogP contribution >= 0.6 is 11.6 Å². The summed E-state index contributed by atoms with van der Waals surface area (Å²) in [6.07, 6.45) is 2.33. The van der Waals surface area contributed by atoms with E-state index < -0.39 is 5.82 Å². The molecule has 150 valence electrons. The Morgan fingerprint density at radius 1 is 1.10 bits per heavy atom. The van der Waals surface area contributed by atoms with E-state index in [-0.39, 0.29) is 16.6 Å². The Labute approximate surface area is 175 Å². The van der Waals surface area contributed by atoms with E-state index in [1.54, 1.807) is 21.5 Å². The fourth-order valence-electron chi connectivity index (χ4n) is 3.63. The highest BCUT2D eigenvalue weighted by atomic mass is 35.5. The van der Waals surface area contributed by atoms with E-state index in [0.29, 0.717) is 38.9 Å². The van der Waals surface area contributed by atoms with Crippen molar-refractivity contribution in [3.63, 3.8) is 0 Å². The van der Waals surface area contributed by atoms with Crippen molar-refractivity contribution in [1.29, 1.82) is 0 Å². The van der Waals surface area contributed by atoms with Crippen molar-refractivity contribution in [2.75, 3.05) is 0 Å². The predicted molar refractivity (Wildman–Crippen MR) is 116 cm³/mol. The molecule has 5 aromatic rings. The lowest BCUT2D eigenvalue weighted by Gasteiger charge is -2.12. The SMILES string of the molecule is CC[C@@H](C)n1cnc2c(c1=O)c1nc3ccccc3nc1n2-c1ccc(F)c(Cl)c1. The van der Waals surface area contributed by atoms with E-state index in [1.165, 1.54) is 12.1 Å². The van der Waals surface area contributed by atoms with Crippen molar-refractivity contribution >= 4 is 44.8 Å². The minimum Gasteiger partial charge on any atom is -0.296 e. The van der Waals surface area contributed by atoms with E-state index in [2.05, 4.69) is 4.98 Å². The van der Waals surface area contributed by atoms with Crippen LogP contribution in [-0.2, 0) is 0 Å². The van der Waals surface area contributed by atoms with E-state index in [1.807, 2.05) is 38.1 Å². The first-order chi connectivity index (χ1) is 14.5. The molecule has 3 heterocycles. The van der Waals surface area contributed by atoms with E-state index in [0.717, 1.165) is 6.42 Å². The second kappa shape index (κ2) is 6.88. The lowest BCUT2D eigenvalue weighted by molar-refractivity contribution is 0.510. The number of halogens is 2. The number of hydrogen-bond donors (Lipinski definition) is 0. The largest absolute Gasteiger partial charge is 0.296 e. The average molecular weight is 422 g/mol. The van der Waals surface area contributed by atoms with Gasteiger partial charge >= 0.3 is 0 Å². The van der Waals surface area contributed by atoms with Crippen molar-refractivity contribution in [2.45, 2.75) is 26.3 Å². The molecule has 0 aliphatic heterocycles. The Kier molecular flexibility index (Phi) is 4.29. The zero-order valence-electron chi connectivity index (χ0n) is 16.3. The Morgan fingerprint density at radius 2 is 1.83 bits per heavy atom. The fraction of sp³-hybridized carbons (Fsp3) is 0.182. The molecule has 0 unspecified atom stereocenters. The van der Waals surface area contributed by atoms with Gasteiger partial charge in [-0.2, -0.15) is 0 Å². The first-order valence-corrected chi connectivity index (χ1v) is 10.0. The quantitative estimate of drug-likeness (QED) is 0.409. The molecule has 0 bridgehead atoms. The Bertz CT molecular complexity index is 1510. The molecule has 2 aromatic carbocycles. The Hall–Kier alpha value is -3.32. The molecule has 0 radical (unpaired) electrons. The number of fused-ring (bicyclic) bond motifs is 4. The molecule has 3 aromatic heterocycles. The lowest BCUT2D eigenvalue weighted by atomic mass is 10.2. The minimum atomic E-state index is -0.523. The highest BCUT2D eigenvalue weighted by molar-refractivity contribution is 6.31. The molecule has 0 aliphatic carbocycles. The number of aromatic nitrogens is 5. The number of para-hydroxylation sites is 2. The van der Waals surface area contributed by atoms with Crippen LogP contribution in [0.1, 0.15) is 26.3 Å². The van der Waals surface area contributed by atoms with Gasteiger partial charge in [-0.1, -0.05) is 30.7 Å². The molecule has 0 amide bonds. The van der Waals surface area contributed by atoms with Crippen LogP contribution in [-0.4, -0.2) is 24.1 Å². The highest BCUT2D eigenvalue weighted by Gasteiger charge is 2.22. The fourth-order valence-corrected chi connectivity index (χ4v) is 3.80. The van der Waals surface area contributed by atoms with Crippen molar-refractivity contribution in [1.82, 2.24) is 24.1 Å². The Morgan fingerprint density at radius 3 is 2.53 bits per heavy atom. The summed E-state index contributed by atoms with van der Waals surface area (Å²) in [5, 5.41) is 0.357. The van der Waals surface area contributed by atoms with Gasteiger partial charge in [-0.3, -0.25) is 13.9 Å². The van der Waals surface area contributed by atoms with Gasteiger partial charge in [-0.05, 0) is 43.7 Å². The second-order valence-corrected chi connectivity index (χ2v) is 7.64. The van der Waals surface area contributed by atoms with Crippen LogP contribution in [0.15, 0.2) is 53.6 Å². The van der Waals surface area contributed by atoms with E-state index >= 15 is 0 Å². The highest BCUT2D eigenvalue weighted by Crippen LogP contribution is 2.30. The third-order valence-electron chi connectivity index (χ3n) is 5.42. The molecule has 0 aliphatic rings. The number of hydrogen-bond acceptors (Lipinski definition) is 4. The third-order valence-corrected chi connectivity index (χ3v) is 5.71. The van der Waals surface area contributed by atoms with Gasteiger partial charge in [0.15, 0.2) is 11.3 Å². The van der Waals surface area contributed by atoms with Crippen LogP contribution in [0.3, 0.4) is 0 Å². The van der Waals surface area contributed by atoms with E-state index in [9.17, 15) is 9.18 Å². The number of nitrogens with zero attached hydrogens (tertiary/aromatic N) is 5. The van der Waals surface area contributed by atoms with Gasteiger partial charge in [0.25, 0.3) is 5.56 Å². The smallest absolute Gasteiger partial charge is 0.265 e. The Balaban J connectivity index is 1.98. The van der Waals surface area contributed by atoms with Crippen molar-refractivity contribution in [3.05, 3.63) is 70.0 Å². The van der Waals surface area contributed by atoms with E-state index in [4.69, 9.17) is 21.6 Å². The second-order valence-electron chi connectivity index (χ2n) is 7.23. The monoisotopic (exact) mass is 421 g/mol. The van der Waals surface area contributed by atoms with Crippen LogP contribution < -0.4 is 5.56 Å². The van der Waals surface area contributed by atoms with Crippen molar-refractivity contribution < 1.29 is 4.39 Å². The first-order valence-electron chi connectivity index (χ1n) is 9.63. The summed E-state index contributed by atoms with van der Waals surface area (Å²) in [4.78, 5) is 27.5. The number of rotatable bonds is 3. The molecule has 0 spiro atoms. The van der Waals surface area contributed by atoms with Gasteiger partial charge < -0.3 is 0 Å². The van der Waals surface area contributed by atoms with Gasteiger partial charge in [-0.15, -0.1) is 0 Å². The molecule has 0 N–H and O–H groups in total. The van der Waals surface area contributed by atoms with Gasteiger partial charge in [0.05, 0.1) is 21.7 Å². The zero-order chi connectivity index (χ0) is 21.0. The maximum Gasteiger partial charge on any atom is 0.265 e. The molecule has 5 rings (SSSR count). The molecule has 30 heavy (non-hydrogen) atoms. The summed E-state index contributed by atoms with van der Waals surface area (Å²) in [7, 11) is 0. The first kappa shape index (κ1) is 18.7. The lowest BCUT2D eigenvalue weighted by Crippen LogP contribution is -2.23. The van der Waals surface area contributed by atoms with Crippen LogP contribution in [0.2, 0.25) is 5.02 Å². The average Bonchev–Trinajstić information content (AvgIpc) is 3.07. The predicted octanol–water partition coefficient (Wildman–Crippen LogP) is 5.05. The maximum atomic E-state index is 13.8.